The fraction of sp³-hybridized carbons (Fsp3) is 0.538. The van der Waals surface area contributed by atoms with Gasteiger partial charge in [-0.2, -0.15) is 0 Å². The van der Waals surface area contributed by atoms with Crippen molar-refractivity contribution in [3.8, 4) is 0 Å². The van der Waals surface area contributed by atoms with Crippen LogP contribution >= 0.6 is 0 Å². The number of anilines is 1. The van der Waals surface area contributed by atoms with Crippen molar-refractivity contribution in [3.63, 3.8) is 0 Å². The Hall–Kier alpha value is -1.16. The van der Waals surface area contributed by atoms with Gasteiger partial charge in [0.2, 0.25) is 0 Å². The SMILES string of the molecule is Cc1cc(F)c(NC2CC(O)C2(C)C)cc1F. The van der Waals surface area contributed by atoms with Crippen LogP contribution in [0.1, 0.15) is 25.8 Å². The van der Waals surface area contributed by atoms with Gasteiger partial charge in [-0.3, -0.25) is 0 Å². The second-order valence-corrected chi connectivity index (χ2v) is 5.35. The zero-order valence-corrected chi connectivity index (χ0v) is 10.2. The van der Waals surface area contributed by atoms with Crippen molar-refractivity contribution in [3.05, 3.63) is 29.3 Å². The maximum absolute atomic E-state index is 13.6. The largest absolute Gasteiger partial charge is 0.392 e. The molecule has 2 N–H and O–H groups in total. The van der Waals surface area contributed by atoms with E-state index in [2.05, 4.69) is 5.32 Å². The molecule has 1 fully saturated rings. The van der Waals surface area contributed by atoms with Gasteiger partial charge in [0.15, 0.2) is 0 Å². The van der Waals surface area contributed by atoms with Gasteiger partial charge >= 0.3 is 0 Å². The van der Waals surface area contributed by atoms with Gasteiger partial charge in [0.1, 0.15) is 11.6 Å². The maximum atomic E-state index is 13.6. The lowest BCUT2D eigenvalue weighted by Gasteiger charge is -2.49. The molecule has 1 aromatic rings. The van der Waals surface area contributed by atoms with Crippen LogP contribution in [-0.4, -0.2) is 17.3 Å². The second kappa shape index (κ2) is 3.95. The minimum absolute atomic E-state index is 0.0332. The summed E-state index contributed by atoms with van der Waals surface area (Å²) >= 11 is 0. The molecule has 2 atom stereocenters. The van der Waals surface area contributed by atoms with Crippen LogP contribution in [0.25, 0.3) is 0 Å². The molecule has 17 heavy (non-hydrogen) atoms. The van der Waals surface area contributed by atoms with Crippen molar-refractivity contribution in [1.29, 1.82) is 0 Å². The Morgan fingerprint density at radius 3 is 2.47 bits per heavy atom. The number of halogens is 2. The van der Waals surface area contributed by atoms with Crippen LogP contribution in [0.3, 0.4) is 0 Å². The van der Waals surface area contributed by atoms with Crippen molar-refractivity contribution in [2.45, 2.75) is 39.3 Å². The molecule has 1 aliphatic rings. The first-order chi connectivity index (χ1) is 7.82. The summed E-state index contributed by atoms with van der Waals surface area (Å²) in [7, 11) is 0. The molecule has 0 aromatic heterocycles. The first-order valence-corrected chi connectivity index (χ1v) is 5.72. The lowest BCUT2D eigenvalue weighted by atomic mass is 9.64. The molecule has 4 heteroatoms. The molecule has 2 nitrogen and oxygen atoms in total. The fourth-order valence-electron chi connectivity index (χ4n) is 2.09. The highest BCUT2D eigenvalue weighted by atomic mass is 19.1. The normalized spacial score (nSPS) is 26.5. The first-order valence-electron chi connectivity index (χ1n) is 5.72. The summed E-state index contributed by atoms with van der Waals surface area (Å²) in [6.07, 6.45) is 0.167. The third kappa shape index (κ3) is 2.02. The van der Waals surface area contributed by atoms with Crippen LogP contribution < -0.4 is 5.32 Å². The molecule has 0 radical (unpaired) electrons. The van der Waals surface area contributed by atoms with Crippen molar-refractivity contribution in [1.82, 2.24) is 0 Å². The predicted octanol–water partition coefficient (Wildman–Crippen LogP) is 2.84. The smallest absolute Gasteiger partial charge is 0.146 e. The van der Waals surface area contributed by atoms with E-state index in [4.69, 9.17) is 0 Å². The van der Waals surface area contributed by atoms with Crippen molar-refractivity contribution < 1.29 is 13.9 Å². The van der Waals surface area contributed by atoms with Crippen LogP contribution in [-0.2, 0) is 0 Å². The summed E-state index contributed by atoms with van der Waals surface area (Å²) < 4.78 is 27.0. The number of aryl methyl sites for hydroxylation is 1. The van der Waals surface area contributed by atoms with E-state index in [0.717, 1.165) is 0 Å². The van der Waals surface area contributed by atoms with E-state index in [9.17, 15) is 13.9 Å². The third-order valence-electron chi connectivity index (χ3n) is 3.79. The van der Waals surface area contributed by atoms with E-state index < -0.39 is 17.7 Å². The first kappa shape index (κ1) is 12.3. The van der Waals surface area contributed by atoms with Crippen molar-refractivity contribution >= 4 is 5.69 Å². The quantitative estimate of drug-likeness (QED) is 0.834. The molecule has 0 spiro atoms. The van der Waals surface area contributed by atoms with Gasteiger partial charge in [-0.1, -0.05) is 13.8 Å². The Balaban J connectivity index is 2.18. The van der Waals surface area contributed by atoms with Crippen LogP contribution in [0.4, 0.5) is 14.5 Å². The Bertz CT molecular complexity index is 445. The highest BCUT2D eigenvalue weighted by Gasteiger charge is 2.47. The minimum Gasteiger partial charge on any atom is -0.392 e. The molecular formula is C13H17F2NO. The molecule has 0 heterocycles. The molecule has 0 saturated heterocycles. The van der Waals surface area contributed by atoms with Gasteiger partial charge in [-0.05, 0) is 25.0 Å². The van der Waals surface area contributed by atoms with E-state index in [1.807, 2.05) is 13.8 Å². The molecule has 1 saturated carbocycles. The lowest BCUT2D eigenvalue weighted by molar-refractivity contribution is -0.0511. The topological polar surface area (TPSA) is 32.3 Å². The maximum Gasteiger partial charge on any atom is 0.146 e. The Morgan fingerprint density at radius 2 is 1.94 bits per heavy atom. The van der Waals surface area contributed by atoms with Gasteiger partial charge in [0.25, 0.3) is 0 Å². The number of aliphatic hydroxyl groups excluding tert-OH is 1. The summed E-state index contributed by atoms with van der Waals surface area (Å²) in [6, 6.07) is 2.32. The third-order valence-corrected chi connectivity index (χ3v) is 3.79. The number of nitrogens with one attached hydrogen (secondary N) is 1. The zero-order valence-electron chi connectivity index (χ0n) is 10.2. The van der Waals surface area contributed by atoms with Crippen molar-refractivity contribution in [2.24, 2.45) is 5.41 Å². The standard InChI is InChI=1S/C13H17F2NO/c1-7-4-9(15)10(5-8(7)14)16-11-6-12(17)13(11,2)3/h4-5,11-12,16-17H,6H2,1-3H3. The number of aliphatic hydroxyl groups is 1. The lowest BCUT2D eigenvalue weighted by Crippen LogP contribution is -2.57. The Kier molecular flexibility index (Phi) is 2.86. The van der Waals surface area contributed by atoms with E-state index in [0.29, 0.717) is 12.0 Å². The van der Waals surface area contributed by atoms with Gasteiger partial charge in [-0.15, -0.1) is 0 Å². The molecule has 0 aliphatic heterocycles. The molecule has 1 aliphatic carbocycles. The molecule has 94 valence electrons. The number of hydrogen-bond donors (Lipinski definition) is 2. The summed E-state index contributed by atoms with van der Waals surface area (Å²) in [5.41, 5.74) is 0.146. The van der Waals surface area contributed by atoms with E-state index in [1.165, 1.54) is 19.1 Å². The highest BCUT2D eigenvalue weighted by Crippen LogP contribution is 2.42. The Labute approximate surface area is 99.7 Å². The van der Waals surface area contributed by atoms with Gasteiger partial charge < -0.3 is 10.4 Å². The van der Waals surface area contributed by atoms with Gasteiger partial charge in [0, 0.05) is 17.5 Å². The summed E-state index contributed by atoms with van der Waals surface area (Å²) in [5.74, 6) is -0.882. The number of rotatable bonds is 2. The predicted molar refractivity (Wildman–Crippen MR) is 62.9 cm³/mol. The number of benzene rings is 1. The molecular weight excluding hydrogens is 224 g/mol. The average Bonchev–Trinajstić information content (AvgIpc) is 2.25. The zero-order chi connectivity index (χ0) is 12.8. The fourth-order valence-corrected chi connectivity index (χ4v) is 2.09. The minimum atomic E-state index is -0.457. The molecule has 2 unspecified atom stereocenters. The highest BCUT2D eigenvalue weighted by molar-refractivity contribution is 5.48. The van der Waals surface area contributed by atoms with E-state index in [1.54, 1.807) is 0 Å². The van der Waals surface area contributed by atoms with Crippen LogP contribution in [0.5, 0.6) is 0 Å². The molecule has 0 amide bonds. The van der Waals surface area contributed by atoms with Crippen LogP contribution in [0, 0.1) is 24.0 Å². The van der Waals surface area contributed by atoms with Gasteiger partial charge in [0.05, 0.1) is 11.8 Å². The summed E-state index contributed by atoms with van der Waals surface area (Å²) in [6.45, 7) is 5.34. The van der Waals surface area contributed by atoms with E-state index >= 15 is 0 Å². The monoisotopic (exact) mass is 241 g/mol. The summed E-state index contributed by atoms with van der Waals surface area (Å²) in [5, 5.41) is 12.5. The van der Waals surface area contributed by atoms with Crippen LogP contribution in [0.2, 0.25) is 0 Å². The van der Waals surface area contributed by atoms with E-state index in [-0.39, 0.29) is 17.1 Å². The molecule has 2 rings (SSSR count). The summed E-state index contributed by atoms with van der Waals surface area (Å²) in [4.78, 5) is 0. The average molecular weight is 241 g/mol. The number of hydrogen-bond acceptors (Lipinski definition) is 2. The van der Waals surface area contributed by atoms with Crippen molar-refractivity contribution in [2.75, 3.05) is 5.32 Å². The molecule has 1 aromatic carbocycles. The molecule has 0 bridgehead atoms. The Morgan fingerprint density at radius 1 is 1.29 bits per heavy atom. The second-order valence-electron chi connectivity index (χ2n) is 5.35. The van der Waals surface area contributed by atoms with Gasteiger partial charge in [-0.25, -0.2) is 8.78 Å². The van der Waals surface area contributed by atoms with Crippen LogP contribution in [0.15, 0.2) is 12.1 Å².